The standard InChI is InChI=1S/C12H18O2/c13-12-4-3-7-1-2-8(7)5-11(14-12)9-6-10(9)12/h7-11,13H,1-6H2/t7-,8?,9-,10?,11-,12-/m0/s1. The summed E-state index contributed by atoms with van der Waals surface area (Å²) in [6.07, 6.45) is 7.83. The zero-order valence-electron chi connectivity index (χ0n) is 8.48. The highest BCUT2D eigenvalue weighted by Gasteiger charge is 2.64. The van der Waals surface area contributed by atoms with Gasteiger partial charge in [-0.3, -0.25) is 0 Å². The fraction of sp³-hybridized carbons (Fsp3) is 1.00. The van der Waals surface area contributed by atoms with Crippen molar-refractivity contribution in [3.63, 3.8) is 0 Å². The quantitative estimate of drug-likeness (QED) is 0.638. The molecule has 2 aliphatic heterocycles. The van der Waals surface area contributed by atoms with E-state index in [0.29, 0.717) is 12.0 Å². The molecule has 2 aliphatic carbocycles. The molecule has 0 aromatic heterocycles. The Balaban J connectivity index is 1.63. The second kappa shape index (κ2) is 2.35. The lowest BCUT2D eigenvalue weighted by Crippen LogP contribution is -2.40. The van der Waals surface area contributed by atoms with Gasteiger partial charge in [0.1, 0.15) is 0 Å². The van der Waals surface area contributed by atoms with Gasteiger partial charge in [-0.15, -0.1) is 0 Å². The van der Waals surface area contributed by atoms with Crippen molar-refractivity contribution in [3.05, 3.63) is 0 Å². The second-order valence-corrected chi connectivity index (χ2v) is 5.88. The van der Waals surface area contributed by atoms with Gasteiger partial charge in [-0.25, -0.2) is 0 Å². The van der Waals surface area contributed by atoms with Gasteiger partial charge >= 0.3 is 0 Å². The van der Waals surface area contributed by atoms with Crippen LogP contribution in [0.2, 0.25) is 0 Å². The molecule has 0 aromatic carbocycles. The molecule has 4 aliphatic rings. The summed E-state index contributed by atoms with van der Waals surface area (Å²) in [5.74, 6) is 2.38. The first-order valence-corrected chi connectivity index (χ1v) is 6.16. The molecule has 6 atom stereocenters. The molecule has 2 unspecified atom stereocenters. The van der Waals surface area contributed by atoms with E-state index < -0.39 is 5.79 Å². The van der Waals surface area contributed by atoms with E-state index in [4.69, 9.17) is 4.74 Å². The minimum absolute atomic E-state index is 0.415. The maximum Gasteiger partial charge on any atom is 0.169 e. The van der Waals surface area contributed by atoms with Crippen molar-refractivity contribution in [1.29, 1.82) is 0 Å². The van der Waals surface area contributed by atoms with E-state index in [-0.39, 0.29) is 0 Å². The maximum atomic E-state index is 10.3. The van der Waals surface area contributed by atoms with Crippen molar-refractivity contribution in [2.24, 2.45) is 23.7 Å². The molecule has 4 rings (SSSR count). The lowest BCUT2D eigenvalue weighted by molar-refractivity contribution is -0.232. The smallest absolute Gasteiger partial charge is 0.169 e. The monoisotopic (exact) mass is 194 g/mol. The molecule has 4 fully saturated rings. The van der Waals surface area contributed by atoms with E-state index in [2.05, 4.69) is 0 Å². The molecule has 2 bridgehead atoms. The third-order valence-electron chi connectivity index (χ3n) is 5.24. The molecule has 14 heavy (non-hydrogen) atoms. The topological polar surface area (TPSA) is 29.5 Å². The molecule has 0 radical (unpaired) electrons. The van der Waals surface area contributed by atoms with Crippen molar-refractivity contribution in [2.45, 2.75) is 50.4 Å². The molecule has 78 valence electrons. The fourth-order valence-corrected chi connectivity index (χ4v) is 4.07. The lowest BCUT2D eigenvalue weighted by atomic mass is 9.68. The number of hydrogen-bond acceptors (Lipinski definition) is 2. The van der Waals surface area contributed by atoms with Crippen molar-refractivity contribution in [2.75, 3.05) is 0 Å². The largest absolute Gasteiger partial charge is 0.365 e. The number of rotatable bonds is 0. The first kappa shape index (κ1) is 8.12. The van der Waals surface area contributed by atoms with Crippen LogP contribution < -0.4 is 0 Å². The summed E-state index contributed by atoms with van der Waals surface area (Å²) >= 11 is 0. The van der Waals surface area contributed by atoms with Crippen LogP contribution in [-0.4, -0.2) is 17.0 Å². The van der Waals surface area contributed by atoms with Crippen molar-refractivity contribution >= 4 is 0 Å². The highest BCUT2D eigenvalue weighted by atomic mass is 16.6. The number of fused-ring (bicyclic) bond motifs is 6. The number of ether oxygens (including phenoxy) is 1. The van der Waals surface area contributed by atoms with Crippen LogP contribution >= 0.6 is 0 Å². The summed E-state index contributed by atoms with van der Waals surface area (Å²) in [7, 11) is 0. The van der Waals surface area contributed by atoms with Gasteiger partial charge in [-0.1, -0.05) is 0 Å². The number of aliphatic hydroxyl groups is 1. The lowest BCUT2D eigenvalue weighted by Gasteiger charge is -2.42. The molecular weight excluding hydrogens is 176 g/mol. The van der Waals surface area contributed by atoms with Crippen LogP contribution in [0.1, 0.15) is 38.5 Å². The van der Waals surface area contributed by atoms with E-state index in [0.717, 1.165) is 24.2 Å². The van der Waals surface area contributed by atoms with Crippen LogP contribution in [0, 0.1) is 23.7 Å². The summed E-state index contributed by atoms with van der Waals surface area (Å²) in [5, 5.41) is 10.3. The molecule has 2 heteroatoms. The van der Waals surface area contributed by atoms with Crippen LogP contribution in [0.3, 0.4) is 0 Å². The van der Waals surface area contributed by atoms with Gasteiger partial charge in [0, 0.05) is 12.3 Å². The normalized spacial score (nSPS) is 64.5. The molecule has 0 aromatic rings. The van der Waals surface area contributed by atoms with Gasteiger partial charge < -0.3 is 9.84 Å². The summed E-state index contributed by atoms with van der Waals surface area (Å²) in [6, 6.07) is 0. The van der Waals surface area contributed by atoms with Crippen LogP contribution in [-0.2, 0) is 4.74 Å². The highest BCUT2D eigenvalue weighted by Crippen LogP contribution is 2.62. The Bertz CT molecular complexity index is 277. The average Bonchev–Trinajstić information content (AvgIpc) is 2.84. The molecule has 0 amide bonds. The fourth-order valence-electron chi connectivity index (χ4n) is 4.07. The van der Waals surface area contributed by atoms with Gasteiger partial charge in [-0.05, 0) is 49.9 Å². The molecule has 1 N–H and O–H groups in total. The summed E-state index contributed by atoms with van der Waals surface area (Å²) in [6.45, 7) is 0. The van der Waals surface area contributed by atoms with Gasteiger partial charge in [0.05, 0.1) is 6.10 Å². The Labute approximate surface area is 84.6 Å². The minimum Gasteiger partial charge on any atom is -0.365 e. The second-order valence-electron chi connectivity index (χ2n) is 5.88. The van der Waals surface area contributed by atoms with E-state index in [1.807, 2.05) is 0 Å². The van der Waals surface area contributed by atoms with Crippen LogP contribution in [0.4, 0.5) is 0 Å². The van der Waals surface area contributed by atoms with Gasteiger partial charge in [0.25, 0.3) is 0 Å². The van der Waals surface area contributed by atoms with Crippen molar-refractivity contribution < 1.29 is 9.84 Å². The Morgan fingerprint density at radius 2 is 1.93 bits per heavy atom. The SMILES string of the molecule is O[C@@]12CC[C@@H]3CCC3C[C@H](O1)[C@H]1CC12. The molecule has 2 nitrogen and oxygen atoms in total. The predicted octanol–water partition coefficient (Wildman–Crippen LogP) is 1.92. The van der Waals surface area contributed by atoms with Crippen LogP contribution in [0.15, 0.2) is 0 Å². The molecule has 2 saturated carbocycles. The minimum atomic E-state index is -0.699. The van der Waals surface area contributed by atoms with E-state index in [9.17, 15) is 5.11 Å². The highest BCUT2D eigenvalue weighted by molar-refractivity contribution is 5.08. The maximum absolute atomic E-state index is 10.3. The zero-order valence-corrected chi connectivity index (χ0v) is 8.48. The predicted molar refractivity (Wildman–Crippen MR) is 51.5 cm³/mol. The van der Waals surface area contributed by atoms with Gasteiger partial charge in [0.2, 0.25) is 0 Å². The number of hydrogen-bond donors (Lipinski definition) is 1. The van der Waals surface area contributed by atoms with E-state index >= 15 is 0 Å². The molecule has 2 saturated heterocycles. The van der Waals surface area contributed by atoms with E-state index in [1.165, 1.54) is 32.1 Å². The average molecular weight is 194 g/mol. The summed E-state index contributed by atoms with van der Waals surface area (Å²) in [4.78, 5) is 0. The van der Waals surface area contributed by atoms with E-state index in [1.54, 1.807) is 0 Å². The van der Waals surface area contributed by atoms with Crippen LogP contribution in [0.5, 0.6) is 0 Å². The van der Waals surface area contributed by atoms with Crippen LogP contribution in [0.25, 0.3) is 0 Å². The summed E-state index contributed by atoms with van der Waals surface area (Å²) in [5.41, 5.74) is 0. The summed E-state index contributed by atoms with van der Waals surface area (Å²) < 4.78 is 5.86. The van der Waals surface area contributed by atoms with Gasteiger partial charge in [-0.2, -0.15) is 0 Å². The molecular formula is C12H18O2. The Hall–Kier alpha value is -0.0800. The Morgan fingerprint density at radius 1 is 1.07 bits per heavy atom. The Morgan fingerprint density at radius 3 is 2.71 bits per heavy atom. The van der Waals surface area contributed by atoms with Crippen molar-refractivity contribution in [1.82, 2.24) is 0 Å². The first-order chi connectivity index (χ1) is 6.76. The first-order valence-electron chi connectivity index (χ1n) is 6.16. The zero-order chi connectivity index (χ0) is 9.34. The molecule has 0 spiro atoms. The van der Waals surface area contributed by atoms with Crippen molar-refractivity contribution in [3.8, 4) is 0 Å². The third-order valence-corrected chi connectivity index (χ3v) is 5.24. The van der Waals surface area contributed by atoms with Gasteiger partial charge in [0.15, 0.2) is 5.79 Å². The third kappa shape index (κ3) is 0.892. The Kier molecular flexibility index (Phi) is 1.37. The molecule has 2 heterocycles.